The first-order valence-corrected chi connectivity index (χ1v) is 11.8. The van der Waals surface area contributed by atoms with Crippen molar-refractivity contribution >= 4 is 17.2 Å². The van der Waals surface area contributed by atoms with Gasteiger partial charge in [-0.1, -0.05) is 26.0 Å². The van der Waals surface area contributed by atoms with Gasteiger partial charge in [-0.15, -0.1) is 11.3 Å². The van der Waals surface area contributed by atoms with Gasteiger partial charge in [0, 0.05) is 24.5 Å². The normalized spacial score (nSPS) is 17.0. The first-order valence-electron chi connectivity index (χ1n) is 10.9. The fourth-order valence-corrected chi connectivity index (χ4v) is 5.09. The molecule has 0 spiro atoms. The van der Waals surface area contributed by atoms with Gasteiger partial charge in [-0.2, -0.15) is 0 Å². The number of methoxy groups -OCH3 is 1. The predicted molar refractivity (Wildman–Crippen MR) is 124 cm³/mol. The monoisotopic (exact) mass is 446 g/mol. The molecule has 1 aromatic heterocycles. The van der Waals surface area contributed by atoms with Crippen molar-refractivity contribution in [2.24, 2.45) is 5.92 Å². The molecule has 0 aliphatic carbocycles. The Bertz CT molecular complexity index is 842. The number of carbonyl (C=O) groups excluding carboxylic acids is 1. The topological polar surface area (TPSA) is 62.2 Å². The zero-order chi connectivity index (χ0) is 22.4. The molecule has 1 aromatic carbocycles. The summed E-state index contributed by atoms with van der Waals surface area (Å²) in [5.74, 6) is 1.85. The average Bonchev–Trinajstić information content (AvgIpc) is 3.20. The third-order valence-corrected chi connectivity index (χ3v) is 6.38. The summed E-state index contributed by atoms with van der Waals surface area (Å²) in [6.45, 7) is 8.63. The molecule has 170 valence electrons. The number of para-hydroxylation sites is 2. The van der Waals surface area contributed by atoms with Crippen molar-refractivity contribution in [1.29, 1.82) is 0 Å². The fourth-order valence-electron chi connectivity index (χ4n) is 4.16. The third kappa shape index (κ3) is 6.21. The van der Waals surface area contributed by atoms with Crippen molar-refractivity contribution in [1.82, 2.24) is 9.80 Å². The molecule has 0 radical (unpaired) electrons. The van der Waals surface area contributed by atoms with Crippen molar-refractivity contribution in [2.75, 3.05) is 39.9 Å². The van der Waals surface area contributed by atoms with Gasteiger partial charge < -0.3 is 19.5 Å². The maximum absolute atomic E-state index is 13.4. The van der Waals surface area contributed by atoms with Crippen molar-refractivity contribution < 1.29 is 19.4 Å². The molecule has 0 unspecified atom stereocenters. The van der Waals surface area contributed by atoms with E-state index >= 15 is 0 Å². The Labute approximate surface area is 189 Å². The summed E-state index contributed by atoms with van der Waals surface area (Å²) in [4.78, 5) is 18.7. The van der Waals surface area contributed by atoms with Crippen molar-refractivity contribution in [3.63, 3.8) is 0 Å². The molecule has 1 N–H and O–H groups in total. The molecule has 3 rings (SSSR count). The predicted octanol–water partition coefficient (Wildman–Crippen LogP) is 3.60. The Morgan fingerprint density at radius 3 is 2.65 bits per heavy atom. The van der Waals surface area contributed by atoms with E-state index in [2.05, 4.69) is 30.2 Å². The highest BCUT2D eigenvalue weighted by Crippen LogP contribution is 2.35. The van der Waals surface area contributed by atoms with E-state index in [0.29, 0.717) is 43.7 Å². The SMILES string of the molecule is COc1ccccc1OC[C@@H]1c2ccsc2CCN1C(=O)CN(CC(C)C)C[C@@H](C)O. The molecule has 2 heterocycles. The van der Waals surface area contributed by atoms with Crippen LogP contribution in [0.1, 0.15) is 37.3 Å². The molecule has 1 aliphatic heterocycles. The lowest BCUT2D eigenvalue weighted by Crippen LogP contribution is -2.48. The Balaban J connectivity index is 1.76. The number of benzene rings is 1. The van der Waals surface area contributed by atoms with E-state index in [0.717, 1.165) is 13.0 Å². The van der Waals surface area contributed by atoms with E-state index < -0.39 is 6.10 Å². The summed E-state index contributed by atoms with van der Waals surface area (Å²) in [5, 5.41) is 12.0. The Kier molecular flexibility index (Phi) is 8.35. The highest BCUT2D eigenvalue weighted by molar-refractivity contribution is 7.10. The Morgan fingerprint density at radius 1 is 1.23 bits per heavy atom. The number of nitrogens with zero attached hydrogens (tertiary/aromatic N) is 2. The summed E-state index contributed by atoms with van der Waals surface area (Å²) < 4.78 is 11.5. The number of aliphatic hydroxyl groups is 1. The molecule has 31 heavy (non-hydrogen) atoms. The largest absolute Gasteiger partial charge is 0.493 e. The van der Waals surface area contributed by atoms with Crippen LogP contribution in [0.5, 0.6) is 11.5 Å². The van der Waals surface area contributed by atoms with E-state index in [9.17, 15) is 9.90 Å². The zero-order valence-corrected chi connectivity index (χ0v) is 19.7. The molecular weight excluding hydrogens is 412 g/mol. The zero-order valence-electron chi connectivity index (χ0n) is 18.9. The van der Waals surface area contributed by atoms with Gasteiger partial charge in [0.1, 0.15) is 6.61 Å². The number of hydrogen-bond donors (Lipinski definition) is 1. The smallest absolute Gasteiger partial charge is 0.237 e. The van der Waals surface area contributed by atoms with Gasteiger partial charge in [0.05, 0.1) is 25.8 Å². The fraction of sp³-hybridized carbons (Fsp3) is 0.542. The number of fused-ring (bicyclic) bond motifs is 1. The van der Waals surface area contributed by atoms with Crippen molar-refractivity contribution in [3.05, 3.63) is 46.2 Å². The van der Waals surface area contributed by atoms with Gasteiger partial charge in [-0.25, -0.2) is 0 Å². The number of thiophene rings is 1. The van der Waals surface area contributed by atoms with Crippen LogP contribution in [0.15, 0.2) is 35.7 Å². The number of ether oxygens (including phenoxy) is 2. The van der Waals surface area contributed by atoms with E-state index in [1.54, 1.807) is 25.4 Å². The lowest BCUT2D eigenvalue weighted by atomic mass is 10.00. The summed E-state index contributed by atoms with van der Waals surface area (Å²) in [5.41, 5.74) is 1.17. The standard InChI is InChI=1S/C24H34N2O4S/c1-17(2)13-25(14-18(3)27)15-24(28)26-11-9-23-19(10-12-31-23)20(26)16-30-22-8-6-5-7-21(22)29-4/h5-8,10,12,17-18,20,27H,9,11,13-16H2,1-4H3/t18-,20-/m1/s1. The summed E-state index contributed by atoms with van der Waals surface area (Å²) in [6.07, 6.45) is 0.394. The summed E-state index contributed by atoms with van der Waals surface area (Å²) in [6, 6.07) is 9.55. The molecule has 0 saturated heterocycles. The van der Waals surface area contributed by atoms with Crippen LogP contribution >= 0.6 is 11.3 Å². The Morgan fingerprint density at radius 2 is 1.97 bits per heavy atom. The van der Waals surface area contributed by atoms with Crippen LogP contribution in [0.25, 0.3) is 0 Å². The van der Waals surface area contributed by atoms with Crippen LogP contribution < -0.4 is 9.47 Å². The van der Waals surface area contributed by atoms with Crippen LogP contribution in [0, 0.1) is 5.92 Å². The first-order chi connectivity index (χ1) is 14.9. The second kappa shape index (κ2) is 11.0. The Hall–Kier alpha value is -2.09. The molecule has 1 aliphatic rings. The molecule has 7 heteroatoms. The van der Waals surface area contributed by atoms with E-state index in [-0.39, 0.29) is 11.9 Å². The lowest BCUT2D eigenvalue weighted by Gasteiger charge is -2.37. The average molecular weight is 447 g/mol. The van der Waals surface area contributed by atoms with Gasteiger partial charge in [0.25, 0.3) is 0 Å². The van der Waals surface area contributed by atoms with Crippen molar-refractivity contribution in [3.8, 4) is 11.5 Å². The van der Waals surface area contributed by atoms with Crippen LogP contribution in [0.2, 0.25) is 0 Å². The second-order valence-corrected chi connectivity index (χ2v) is 9.55. The highest BCUT2D eigenvalue weighted by Gasteiger charge is 2.33. The molecule has 2 atom stereocenters. The van der Waals surface area contributed by atoms with E-state index in [4.69, 9.17) is 9.47 Å². The summed E-state index contributed by atoms with van der Waals surface area (Å²) in [7, 11) is 1.63. The molecule has 2 aromatic rings. The minimum Gasteiger partial charge on any atom is -0.493 e. The van der Waals surface area contributed by atoms with Gasteiger partial charge in [-0.3, -0.25) is 9.69 Å². The minimum absolute atomic E-state index is 0.0757. The maximum atomic E-state index is 13.4. The number of aliphatic hydroxyl groups excluding tert-OH is 1. The van der Waals surface area contributed by atoms with Crippen LogP contribution in [-0.2, 0) is 11.2 Å². The second-order valence-electron chi connectivity index (χ2n) is 8.55. The van der Waals surface area contributed by atoms with Gasteiger partial charge in [0.2, 0.25) is 5.91 Å². The third-order valence-electron chi connectivity index (χ3n) is 5.39. The van der Waals surface area contributed by atoms with E-state index in [1.165, 1.54) is 10.4 Å². The molecule has 1 amide bonds. The van der Waals surface area contributed by atoms with Gasteiger partial charge in [0.15, 0.2) is 11.5 Å². The number of amides is 1. The van der Waals surface area contributed by atoms with Gasteiger partial charge in [-0.05, 0) is 48.4 Å². The van der Waals surface area contributed by atoms with Crippen molar-refractivity contribution in [2.45, 2.75) is 39.3 Å². The van der Waals surface area contributed by atoms with Gasteiger partial charge >= 0.3 is 0 Å². The summed E-state index contributed by atoms with van der Waals surface area (Å²) >= 11 is 1.74. The molecular formula is C24H34N2O4S. The number of carbonyl (C=O) groups is 1. The lowest BCUT2D eigenvalue weighted by molar-refractivity contribution is -0.136. The highest BCUT2D eigenvalue weighted by atomic mass is 32.1. The van der Waals surface area contributed by atoms with E-state index in [1.807, 2.05) is 29.2 Å². The van der Waals surface area contributed by atoms with Crippen LogP contribution in [-0.4, -0.2) is 66.8 Å². The number of hydrogen-bond acceptors (Lipinski definition) is 6. The minimum atomic E-state index is -0.471. The molecule has 6 nitrogen and oxygen atoms in total. The first kappa shape index (κ1) is 23.6. The maximum Gasteiger partial charge on any atom is 0.237 e. The van der Waals surface area contributed by atoms with Crippen LogP contribution in [0.4, 0.5) is 0 Å². The number of rotatable bonds is 10. The van der Waals surface area contributed by atoms with Crippen LogP contribution in [0.3, 0.4) is 0 Å². The quantitative estimate of drug-likeness (QED) is 0.604. The molecule has 0 saturated carbocycles. The molecule has 0 fully saturated rings. The molecule has 0 bridgehead atoms.